The summed E-state index contributed by atoms with van der Waals surface area (Å²) < 4.78 is 2.04. The first-order valence-electron chi connectivity index (χ1n) is 8.07. The molecule has 2 heterocycles. The molecule has 24 heavy (non-hydrogen) atoms. The van der Waals surface area contributed by atoms with E-state index < -0.39 is 0 Å². The highest BCUT2D eigenvalue weighted by molar-refractivity contribution is 5.68. The second kappa shape index (κ2) is 5.85. The fraction of sp³-hybridized carbons (Fsp3) is 0.0952. The normalized spacial score (nSPS) is 10.9. The van der Waals surface area contributed by atoms with Crippen molar-refractivity contribution in [1.82, 2.24) is 9.38 Å². The molecule has 1 N–H and O–H groups in total. The number of pyridine rings is 1. The number of hydrogen-bond donors (Lipinski definition) is 1. The maximum absolute atomic E-state index is 4.66. The molecule has 4 aromatic rings. The van der Waals surface area contributed by atoms with Crippen molar-refractivity contribution < 1.29 is 0 Å². The summed E-state index contributed by atoms with van der Waals surface area (Å²) in [6.45, 7) is 4.26. The molecule has 0 spiro atoms. The highest BCUT2D eigenvalue weighted by Crippen LogP contribution is 2.24. The number of hydrogen-bond acceptors (Lipinski definition) is 2. The van der Waals surface area contributed by atoms with E-state index in [0.29, 0.717) is 0 Å². The lowest BCUT2D eigenvalue weighted by Crippen LogP contribution is -1.91. The summed E-state index contributed by atoms with van der Waals surface area (Å²) in [5.74, 6) is 0. The van der Waals surface area contributed by atoms with Crippen LogP contribution in [0, 0.1) is 13.8 Å². The average molecular weight is 313 g/mol. The zero-order valence-electron chi connectivity index (χ0n) is 13.8. The number of nitrogens with zero attached hydrogens (tertiary/aromatic N) is 2. The van der Waals surface area contributed by atoms with Gasteiger partial charge in [-0.25, -0.2) is 4.98 Å². The van der Waals surface area contributed by atoms with Gasteiger partial charge in [0.25, 0.3) is 0 Å². The molecule has 2 aromatic heterocycles. The molecule has 3 heteroatoms. The molecule has 0 aliphatic heterocycles. The Bertz CT molecular complexity index is 964. The molecule has 118 valence electrons. The smallest absolute Gasteiger partial charge is 0.137 e. The summed E-state index contributed by atoms with van der Waals surface area (Å²) in [5.41, 5.74) is 7.85. The van der Waals surface area contributed by atoms with Crippen LogP contribution in [-0.4, -0.2) is 9.38 Å². The van der Waals surface area contributed by atoms with Crippen LogP contribution in [0.15, 0.2) is 73.1 Å². The quantitative estimate of drug-likeness (QED) is 0.551. The summed E-state index contributed by atoms with van der Waals surface area (Å²) >= 11 is 0. The lowest BCUT2D eigenvalue weighted by Gasteiger charge is -2.09. The van der Waals surface area contributed by atoms with E-state index in [0.717, 1.165) is 28.3 Å². The predicted octanol–water partition coefficient (Wildman–Crippen LogP) is 5.36. The van der Waals surface area contributed by atoms with E-state index in [-0.39, 0.29) is 0 Å². The number of imidazole rings is 1. The lowest BCUT2D eigenvalue weighted by atomic mass is 10.1. The standard InChI is InChI=1S/C21H19N3/c1-15-6-9-19(13-16(15)2)22-18-10-7-17(8-11-18)20-14-24-12-4-3-5-21(24)23-20/h3-14,22H,1-2H3. The number of nitrogens with one attached hydrogen (secondary N) is 1. The van der Waals surface area contributed by atoms with Crippen molar-refractivity contribution in [2.45, 2.75) is 13.8 Å². The minimum Gasteiger partial charge on any atom is -0.356 e. The second-order valence-corrected chi connectivity index (χ2v) is 6.09. The van der Waals surface area contributed by atoms with Crippen molar-refractivity contribution in [3.63, 3.8) is 0 Å². The van der Waals surface area contributed by atoms with Crippen molar-refractivity contribution >= 4 is 17.0 Å². The predicted molar refractivity (Wildman–Crippen MR) is 99.8 cm³/mol. The molecular formula is C21H19N3. The van der Waals surface area contributed by atoms with Gasteiger partial charge in [-0.05, 0) is 61.4 Å². The van der Waals surface area contributed by atoms with Crippen molar-refractivity contribution in [1.29, 1.82) is 0 Å². The molecule has 0 amide bonds. The Morgan fingerprint density at radius 1 is 0.833 bits per heavy atom. The van der Waals surface area contributed by atoms with Gasteiger partial charge in [0, 0.05) is 29.3 Å². The van der Waals surface area contributed by atoms with Gasteiger partial charge in [0.2, 0.25) is 0 Å². The summed E-state index contributed by atoms with van der Waals surface area (Å²) in [4.78, 5) is 4.66. The lowest BCUT2D eigenvalue weighted by molar-refractivity contribution is 1.19. The Hall–Kier alpha value is -3.07. The first-order chi connectivity index (χ1) is 11.7. The van der Waals surface area contributed by atoms with Gasteiger partial charge >= 0.3 is 0 Å². The fourth-order valence-corrected chi connectivity index (χ4v) is 2.78. The van der Waals surface area contributed by atoms with Crippen LogP contribution in [0.5, 0.6) is 0 Å². The molecule has 0 atom stereocenters. The number of anilines is 2. The molecule has 0 saturated heterocycles. The number of aryl methyl sites for hydroxylation is 2. The molecule has 0 radical (unpaired) electrons. The Morgan fingerprint density at radius 2 is 1.62 bits per heavy atom. The molecule has 3 nitrogen and oxygen atoms in total. The van der Waals surface area contributed by atoms with Crippen molar-refractivity contribution in [2.24, 2.45) is 0 Å². The largest absolute Gasteiger partial charge is 0.356 e. The van der Waals surface area contributed by atoms with E-state index in [1.807, 2.05) is 28.8 Å². The molecule has 0 aliphatic rings. The Kier molecular flexibility index (Phi) is 3.54. The van der Waals surface area contributed by atoms with Crippen molar-refractivity contribution in [3.05, 3.63) is 84.2 Å². The van der Waals surface area contributed by atoms with Crippen LogP contribution in [0.3, 0.4) is 0 Å². The third-order valence-electron chi connectivity index (χ3n) is 4.34. The van der Waals surface area contributed by atoms with Crippen molar-refractivity contribution in [3.8, 4) is 11.3 Å². The maximum atomic E-state index is 4.66. The summed E-state index contributed by atoms with van der Waals surface area (Å²) in [6, 6.07) is 20.8. The minimum absolute atomic E-state index is 0.963. The van der Waals surface area contributed by atoms with E-state index in [4.69, 9.17) is 0 Å². The SMILES string of the molecule is Cc1ccc(Nc2ccc(-c3cn4ccccc4n3)cc2)cc1C. The number of benzene rings is 2. The van der Waals surface area contributed by atoms with Gasteiger partial charge in [-0.2, -0.15) is 0 Å². The van der Waals surface area contributed by atoms with Gasteiger partial charge in [0.1, 0.15) is 5.65 Å². The van der Waals surface area contributed by atoms with Gasteiger partial charge < -0.3 is 9.72 Å². The molecule has 2 aromatic carbocycles. The van der Waals surface area contributed by atoms with E-state index in [1.165, 1.54) is 11.1 Å². The monoisotopic (exact) mass is 313 g/mol. The second-order valence-electron chi connectivity index (χ2n) is 6.09. The first-order valence-corrected chi connectivity index (χ1v) is 8.07. The van der Waals surface area contributed by atoms with Gasteiger partial charge in [-0.1, -0.05) is 24.3 Å². The van der Waals surface area contributed by atoms with Gasteiger partial charge in [0.05, 0.1) is 5.69 Å². The number of aromatic nitrogens is 2. The third-order valence-corrected chi connectivity index (χ3v) is 4.34. The number of rotatable bonds is 3. The molecule has 0 bridgehead atoms. The minimum atomic E-state index is 0.963. The molecule has 0 unspecified atom stereocenters. The topological polar surface area (TPSA) is 29.3 Å². The molecule has 0 aliphatic carbocycles. The van der Waals surface area contributed by atoms with E-state index >= 15 is 0 Å². The van der Waals surface area contributed by atoms with E-state index in [2.05, 4.69) is 72.8 Å². The van der Waals surface area contributed by atoms with Gasteiger partial charge in [0.15, 0.2) is 0 Å². The summed E-state index contributed by atoms with van der Waals surface area (Å²) in [7, 11) is 0. The molecule has 0 saturated carbocycles. The molecule has 4 rings (SSSR count). The highest BCUT2D eigenvalue weighted by atomic mass is 15.0. The summed E-state index contributed by atoms with van der Waals surface area (Å²) in [6.07, 6.45) is 4.07. The Balaban J connectivity index is 1.58. The average Bonchev–Trinajstić information content (AvgIpc) is 3.03. The van der Waals surface area contributed by atoms with Crippen LogP contribution in [-0.2, 0) is 0 Å². The third kappa shape index (κ3) is 2.76. The first kappa shape index (κ1) is 14.5. The number of fused-ring (bicyclic) bond motifs is 1. The van der Waals surface area contributed by atoms with Crippen LogP contribution < -0.4 is 5.32 Å². The van der Waals surface area contributed by atoms with Crippen LogP contribution in [0.4, 0.5) is 11.4 Å². The Labute approximate surface area is 141 Å². The van der Waals surface area contributed by atoms with E-state index in [1.54, 1.807) is 0 Å². The van der Waals surface area contributed by atoms with E-state index in [9.17, 15) is 0 Å². The summed E-state index contributed by atoms with van der Waals surface area (Å²) in [5, 5.41) is 3.45. The van der Waals surface area contributed by atoms with Crippen LogP contribution >= 0.6 is 0 Å². The fourth-order valence-electron chi connectivity index (χ4n) is 2.78. The zero-order chi connectivity index (χ0) is 16.5. The Morgan fingerprint density at radius 3 is 2.38 bits per heavy atom. The molecular weight excluding hydrogens is 294 g/mol. The van der Waals surface area contributed by atoms with Crippen LogP contribution in [0.2, 0.25) is 0 Å². The van der Waals surface area contributed by atoms with Crippen molar-refractivity contribution in [2.75, 3.05) is 5.32 Å². The van der Waals surface area contributed by atoms with Gasteiger partial charge in [-0.15, -0.1) is 0 Å². The zero-order valence-corrected chi connectivity index (χ0v) is 13.8. The maximum Gasteiger partial charge on any atom is 0.137 e. The van der Waals surface area contributed by atoms with Gasteiger partial charge in [-0.3, -0.25) is 0 Å². The van der Waals surface area contributed by atoms with Crippen LogP contribution in [0.1, 0.15) is 11.1 Å². The molecule has 0 fully saturated rings. The van der Waals surface area contributed by atoms with Crippen LogP contribution in [0.25, 0.3) is 16.9 Å². The highest BCUT2D eigenvalue weighted by Gasteiger charge is 2.04.